The number of aliphatic hydroxyl groups is 1. The second-order valence-corrected chi connectivity index (χ2v) is 10.1. The first-order valence-electron chi connectivity index (χ1n) is 11.7. The largest absolute Gasteiger partial charge is 0.390 e. The van der Waals surface area contributed by atoms with Gasteiger partial charge in [-0.2, -0.15) is 0 Å². The third-order valence-electron chi connectivity index (χ3n) is 6.78. The Morgan fingerprint density at radius 1 is 1.21 bits per heavy atom. The normalized spacial score (nSPS) is 20.8. The molecule has 0 spiro atoms. The van der Waals surface area contributed by atoms with Crippen molar-refractivity contribution in [1.82, 2.24) is 14.8 Å². The van der Waals surface area contributed by atoms with Crippen molar-refractivity contribution >= 4 is 45.1 Å². The van der Waals surface area contributed by atoms with Crippen LogP contribution in [0.4, 0.5) is 5.69 Å². The number of aromatic amines is 1. The number of aliphatic hydroxyl groups excluding tert-OH is 1. The second-order valence-electron chi connectivity index (χ2n) is 9.14. The Balaban J connectivity index is 1.38. The fraction of sp³-hybridized carbons (Fsp3) is 0.440. The zero-order valence-corrected chi connectivity index (χ0v) is 20.8. The highest BCUT2D eigenvalue weighted by Crippen LogP contribution is 2.36. The van der Waals surface area contributed by atoms with Gasteiger partial charge in [-0.3, -0.25) is 14.5 Å². The smallest absolute Gasteiger partial charge is 0.256 e. The number of benzene rings is 1. The van der Waals surface area contributed by atoms with Crippen LogP contribution in [-0.4, -0.2) is 83.7 Å². The minimum atomic E-state index is -0.610. The van der Waals surface area contributed by atoms with Gasteiger partial charge in [0.25, 0.3) is 11.8 Å². The van der Waals surface area contributed by atoms with Crippen molar-refractivity contribution in [3.8, 4) is 0 Å². The molecule has 2 amide bonds. The van der Waals surface area contributed by atoms with Crippen molar-refractivity contribution in [2.45, 2.75) is 25.9 Å². The number of rotatable bonds is 5. The number of halogens is 1. The van der Waals surface area contributed by atoms with Crippen LogP contribution in [0, 0.1) is 6.92 Å². The van der Waals surface area contributed by atoms with Crippen molar-refractivity contribution in [3.05, 3.63) is 50.8 Å². The molecule has 180 valence electrons. The van der Waals surface area contributed by atoms with E-state index in [1.54, 1.807) is 4.90 Å². The number of β-amino-alcohol motifs (C(OH)–C–C–N with tert-alkyl or cyclic N) is 1. The standard InChI is InChI=1S/C25H29BrN4O4/c1-15-22(12-19-18-11-16(26)4-5-20(18)28-24(19)32)27-21-3-2-6-30(25(33)23(15)21)14-17(31)13-29-7-9-34-10-8-29/h4-5,11-12,17,27,31H,2-3,6-10,13-14H2,1H3,(H,28,32)/b19-12-/t17-/m0/s1. The van der Waals surface area contributed by atoms with E-state index in [0.29, 0.717) is 44.0 Å². The first-order chi connectivity index (χ1) is 16.4. The molecule has 0 bridgehead atoms. The number of carbonyl (C=O) groups excluding carboxylic acids is 2. The van der Waals surface area contributed by atoms with Crippen LogP contribution in [0.1, 0.15) is 39.3 Å². The van der Waals surface area contributed by atoms with E-state index < -0.39 is 6.10 Å². The number of amides is 2. The molecule has 1 fully saturated rings. The summed E-state index contributed by atoms with van der Waals surface area (Å²) in [5.74, 6) is -0.220. The minimum Gasteiger partial charge on any atom is -0.390 e. The summed E-state index contributed by atoms with van der Waals surface area (Å²) in [6, 6.07) is 5.69. The van der Waals surface area contributed by atoms with Crippen molar-refractivity contribution in [2.24, 2.45) is 0 Å². The Morgan fingerprint density at radius 3 is 2.79 bits per heavy atom. The molecule has 0 saturated carbocycles. The van der Waals surface area contributed by atoms with Crippen LogP contribution in [0.3, 0.4) is 0 Å². The number of ether oxygens (including phenoxy) is 1. The Labute approximate surface area is 207 Å². The van der Waals surface area contributed by atoms with Crippen LogP contribution >= 0.6 is 15.9 Å². The number of hydrogen-bond acceptors (Lipinski definition) is 5. The van der Waals surface area contributed by atoms with Crippen LogP contribution in [0.5, 0.6) is 0 Å². The van der Waals surface area contributed by atoms with E-state index in [4.69, 9.17) is 4.74 Å². The Morgan fingerprint density at radius 2 is 2.00 bits per heavy atom. The van der Waals surface area contributed by atoms with Gasteiger partial charge in [-0.15, -0.1) is 0 Å². The van der Waals surface area contributed by atoms with Gasteiger partial charge in [-0.1, -0.05) is 15.9 Å². The van der Waals surface area contributed by atoms with Crippen LogP contribution in [-0.2, 0) is 16.0 Å². The predicted molar refractivity (Wildman–Crippen MR) is 134 cm³/mol. The van der Waals surface area contributed by atoms with Gasteiger partial charge in [0.1, 0.15) is 0 Å². The number of nitrogens with zero attached hydrogens (tertiary/aromatic N) is 2. The van der Waals surface area contributed by atoms with Gasteiger partial charge in [-0.05, 0) is 49.6 Å². The first kappa shape index (κ1) is 23.3. The molecule has 9 heteroatoms. The summed E-state index contributed by atoms with van der Waals surface area (Å²) in [7, 11) is 0. The van der Waals surface area contributed by atoms with Gasteiger partial charge in [0.2, 0.25) is 0 Å². The Hall–Kier alpha value is -2.46. The number of hydrogen-bond donors (Lipinski definition) is 3. The van der Waals surface area contributed by atoms with E-state index in [9.17, 15) is 14.7 Å². The van der Waals surface area contributed by atoms with Crippen molar-refractivity contribution in [1.29, 1.82) is 0 Å². The highest BCUT2D eigenvalue weighted by atomic mass is 79.9. The SMILES string of the molecule is Cc1c(/C=C2\C(=O)Nc3ccc(Br)cc32)[nH]c2c1C(=O)N(C[C@@H](O)CN1CCOCC1)CCC2. The zero-order chi connectivity index (χ0) is 23.8. The lowest BCUT2D eigenvalue weighted by Crippen LogP contribution is -2.46. The van der Waals surface area contributed by atoms with Crippen molar-refractivity contribution in [3.63, 3.8) is 0 Å². The highest BCUT2D eigenvalue weighted by Gasteiger charge is 2.30. The number of carbonyl (C=O) groups is 2. The van der Waals surface area contributed by atoms with E-state index in [-0.39, 0.29) is 11.8 Å². The molecule has 0 unspecified atom stereocenters. The summed E-state index contributed by atoms with van der Waals surface area (Å²) in [6.45, 7) is 6.34. The summed E-state index contributed by atoms with van der Waals surface area (Å²) in [6.07, 6.45) is 2.79. The van der Waals surface area contributed by atoms with E-state index in [1.807, 2.05) is 31.2 Å². The number of aryl methyl sites for hydroxylation is 1. The fourth-order valence-corrected chi connectivity index (χ4v) is 5.38. The lowest BCUT2D eigenvalue weighted by molar-refractivity contribution is -0.110. The number of H-pyrrole nitrogens is 1. The topological polar surface area (TPSA) is 97.9 Å². The molecule has 3 aliphatic heterocycles. The summed E-state index contributed by atoms with van der Waals surface area (Å²) in [4.78, 5) is 33.5. The molecule has 3 aliphatic rings. The van der Waals surface area contributed by atoms with Gasteiger partial charge < -0.3 is 25.0 Å². The molecule has 1 aromatic carbocycles. The maximum absolute atomic E-state index is 13.5. The lowest BCUT2D eigenvalue weighted by Gasteiger charge is -2.31. The van der Waals surface area contributed by atoms with Gasteiger partial charge in [0, 0.05) is 59.8 Å². The predicted octanol–water partition coefficient (Wildman–Crippen LogP) is 2.66. The van der Waals surface area contributed by atoms with Gasteiger partial charge in [0.15, 0.2) is 0 Å². The van der Waals surface area contributed by atoms with E-state index in [1.165, 1.54) is 0 Å². The minimum absolute atomic E-state index is 0.0639. The third-order valence-corrected chi connectivity index (χ3v) is 7.27. The van der Waals surface area contributed by atoms with Crippen LogP contribution in [0.25, 0.3) is 11.6 Å². The molecule has 2 aromatic rings. The molecule has 1 atom stereocenters. The molecule has 3 N–H and O–H groups in total. The fourth-order valence-electron chi connectivity index (χ4n) is 5.02. The third kappa shape index (κ3) is 4.57. The Bertz CT molecular complexity index is 1150. The lowest BCUT2D eigenvalue weighted by atomic mass is 10.0. The van der Waals surface area contributed by atoms with Crippen LogP contribution < -0.4 is 5.32 Å². The average molecular weight is 529 g/mol. The molecular formula is C25H29BrN4O4. The molecule has 34 heavy (non-hydrogen) atoms. The molecular weight excluding hydrogens is 500 g/mol. The summed E-state index contributed by atoms with van der Waals surface area (Å²) < 4.78 is 6.27. The number of morpholine rings is 1. The molecule has 1 saturated heterocycles. The van der Waals surface area contributed by atoms with E-state index in [0.717, 1.165) is 58.6 Å². The van der Waals surface area contributed by atoms with Crippen molar-refractivity contribution < 1.29 is 19.4 Å². The number of aromatic nitrogens is 1. The molecule has 0 radical (unpaired) electrons. The van der Waals surface area contributed by atoms with Gasteiger partial charge >= 0.3 is 0 Å². The van der Waals surface area contributed by atoms with Gasteiger partial charge in [-0.25, -0.2) is 0 Å². The Kier molecular flexibility index (Phi) is 6.61. The molecule has 1 aromatic heterocycles. The molecule has 0 aliphatic carbocycles. The number of nitrogens with one attached hydrogen (secondary N) is 2. The average Bonchev–Trinajstić information content (AvgIpc) is 3.23. The van der Waals surface area contributed by atoms with Gasteiger partial charge in [0.05, 0.1) is 30.5 Å². The van der Waals surface area contributed by atoms with Crippen LogP contribution in [0.15, 0.2) is 22.7 Å². The number of fused-ring (bicyclic) bond motifs is 2. The molecule has 5 rings (SSSR count). The quantitative estimate of drug-likeness (QED) is 0.518. The van der Waals surface area contributed by atoms with Crippen molar-refractivity contribution in [2.75, 3.05) is 51.3 Å². The molecule has 8 nitrogen and oxygen atoms in total. The maximum atomic E-state index is 13.5. The van der Waals surface area contributed by atoms with Crippen LogP contribution in [0.2, 0.25) is 0 Å². The molecule has 4 heterocycles. The maximum Gasteiger partial charge on any atom is 0.256 e. The zero-order valence-electron chi connectivity index (χ0n) is 19.2. The summed E-state index contributed by atoms with van der Waals surface area (Å²) in [5, 5.41) is 13.6. The number of anilines is 1. The summed E-state index contributed by atoms with van der Waals surface area (Å²) >= 11 is 3.48. The van der Waals surface area contributed by atoms with E-state index >= 15 is 0 Å². The monoisotopic (exact) mass is 528 g/mol. The first-order valence-corrected chi connectivity index (χ1v) is 12.5. The second kappa shape index (κ2) is 9.65. The van der Waals surface area contributed by atoms with E-state index in [2.05, 4.69) is 31.1 Å². The highest BCUT2D eigenvalue weighted by molar-refractivity contribution is 9.10. The summed E-state index contributed by atoms with van der Waals surface area (Å²) in [5.41, 5.74) is 5.35.